The van der Waals surface area contributed by atoms with Crippen LogP contribution in [0.25, 0.3) is 0 Å². The van der Waals surface area contributed by atoms with Crippen LogP contribution in [0.4, 0.5) is 5.00 Å². The molecule has 1 amide bonds. The lowest BCUT2D eigenvalue weighted by atomic mass is 9.99. The molecule has 164 valence electrons. The van der Waals surface area contributed by atoms with E-state index < -0.39 is 5.97 Å². The number of esters is 1. The SMILES string of the molecule is CC(C)N1CCc2c(sc3c2C(=O)N[C@@H](c2cccc(OC(=O)c4ccccc4)c2)N3)C1. The molecule has 0 radical (unpaired) electrons. The molecule has 0 aliphatic carbocycles. The first-order valence-electron chi connectivity index (χ1n) is 10.8. The molecule has 2 N–H and O–H groups in total. The third-order valence-electron chi connectivity index (χ3n) is 6.01. The standard InChI is InChI=1S/C25H25N3O3S/c1-15(2)28-12-11-19-20(14-28)32-24-21(19)23(29)26-22(27-24)17-9-6-10-18(13-17)31-25(30)16-7-4-3-5-8-16/h3-10,13,15,22,27H,11-12,14H2,1-2H3,(H,26,29)/t22-/m1/s1. The molecule has 5 rings (SSSR count). The van der Waals surface area contributed by atoms with Crippen molar-refractivity contribution in [2.45, 2.75) is 39.0 Å². The first-order valence-corrected chi connectivity index (χ1v) is 11.6. The number of anilines is 1. The fourth-order valence-corrected chi connectivity index (χ4v) is 5.54. The summed E-state index contributed by atoms with van der Waals surface area (Å²) in [6, 6.07) is 16.6. The van der Waals surface area contributed by atoms with Gasteiger partial charge < -0.3 is 15.4 Å². The third kappa shape index (κ3) is 3.89. The molecular weight excluding hydrogens is 422 g/mol. The Morgan fingerprint density at radius 1 is 1.12 bits per heavy atom. The number of benzene rings is 2. The Balaban J connectivity index is 1.36. The fourth-order valence-electron chi connectivity index (χ4n) is 4.24. The number of fused-ring (bicyclic) bond motifs is 3. The summed E-state index contributed by atoms with van der Waals surface area (Å²) in [7, 11) is 0. The van der Waals surface area contributed by atoms with Crippen LogP contribution in [0.3, 0.4) is 0 Å². The maximum Gasteiger partial charge on any atom is 0.343 e. The van der Waals surface area contributed by atoms with Crippen LogP contribution < -0.4 is 15.4 Å². The zero-order valence-corrected chi connectivity index (χ0v) is 18.9. The van der Waals surface area contributed by atoms with Crippen molar-refractivity contribution < 1.29 is 14.3 Å². The van der Waals surface area contributed by atoms with E-state index in [1.54, 1.807) is 47.7 Å². The fraction of sp³-hybridized carbons (Fsp3) is 0.280. The predicted molar refractivity (Wildman–Crippen MR) is 125 cm³/mol. The highest BCUT2D eigenvalue weighted by molar-refractivity contribution is 7.16. The molecule has 0 bridgehead atoms. The molecular formula is C25H25N3O3S. The van der Waals surface area contributed by atoms with E-state index in [0.29, 0.717) is 17.4 Å². The van der Waals surface area contributed by atoms with E-state index in [1.807, 2.05) is 18.2 Å². The molecule has 7 heteroatoms. The number of carbonyl (C=O) groups is 2. The predicted octanol–water partition coefficient (Wildman–Crippen LogP) is 4.59. The highest BCUT2D eigenvalue weighted by atomic mass is 32.1. The lowest BCUT2D eigenvalue weighted by molar-refractivity contribution is 0.0734. The number of hydrogen-bond acceptors (Lipinski definition) is 6. The molecule has 2 aromatic carbocycles. The van der Waals surface area contributed by atoms with E-state index in [-0.39, 0.29) is 12.1 Å². The van der Waals surface area contributed by atoms with E-state index in [1.165, 1.54) is 10.4 Å². The number of rotatable bonds is 4. The average molecular weight is 448 g/mol. The first kappa shape index (κ1) is 20.7. The summed E-state index contributed by atoms with van der Waals surface area (Å²) >= 11 is 1.67. The zero-order valence-electron chi connectivity index (χ0n) is 18.1. The second-order valence-corrected chi connectivity index (χ2v) is 9.51. The number of carbonyl (C=O) groups excluding carboxylic acids is 2. The lowest BCUT2D eigenvalue weighted by Crippen LogP contribution is -2.39. The van der Waals surface area contributed by atoms with Crippen molar-refractivity contribution in [3.05, 3.63) is 81.7 Å². The van der Waals surface area contributed by atoms with Crippen molar-refractivity contribution in [1.29, 1.82) is 0 Å². The van der Waals surface area contributed by atoms with E-state index in [2.05, 4.69) is 29.4 Å². The Labute approximate surface area is 191 Å². The number of nitrogens with zero attached hydrogens (tertiary/aromatic N) is 1. The van der Waals surface area contributed by atoms with Gasteiger partial charge in [-0.15, -0.1) is 11.3 Å². The van der Waals surface area contributed by atoms with Gasteiger partial charge in [0.2, 0.25) is 0 Å². The molecule has 2 aliphatic heterocycles. The van der Waals surface area contributed by atoms with Crippen LogP contribution in [0, 0.1) is 0 Å². The second-order valence-electron chi connectivity index (χ2n) is 8.40. The van der Waals surface area contributed by atoms with Crippen molar-refractivity contribution in [2.24, 2.45) is 0 Å². The van der Waals surface area contributed by atoms with Crippen LogP contribution in [-0.2, 0) is 13.0 Å². The third-order valence-corrected chi connectivity index (χ3v) is 7.15. The van der Waals surface area contributed by atoms with Gasteiger partial charge in [0, 0.05) is 24.0 Å². The number of amides is 1. The van der Waals surface area contributed by atoms with Gasteiger partial charge in [-0.25, -0.2) is 4.79 Å². The van der Waals surface area contributed by atoms with Crippen molar-refractivity contribution in [2.75, 3.05) is 11.9 Å². The van der Waals surface area contributed by atoms with Crippen LogP contribution in [-0.4, -0.2) is 29.4 Å². The topological polar surface area (TPSA) is 70.7 Å². The maximum absolute atomic E-state index is 13.0. The summed E-state index contributed by atoms with van der Waals surface area (Å²) in [5.74, 6) is -0.0199. The summed E-state index contributed by atoms with van der Waals surface area (Å²) in [5, 5.41) is 7.48. The number of hydrogen-bond donors (Lipinski definition) is 2. The maximum atomic E-state index is 13.0. The van der Waals surface area contributed by atoms with Crippen molar-refractivity contribution in [3.8, 4) is 5.75 Å². The van der Waals surface area contributed by atoms with E-state index in [4.69, 9.17) is 4.74 Å². The Morgan fingerprint density at radius 3 is 2.72 bits per heavy atom. The van der Waals surface area contributed by atoms with Gasteiger partial charge in [-0.3, -0.25) is 9.69 Å². The van der Waals surface area contributed by atoms with Crippen LogP contribution in [0.1, 0.15) is 56.7 Å². The molecule has 32 heavy (non-hydrogen) atoms. The number of thiophene rings is 1. The summed E-state index contributed by atoms with van der Waals surface area (Å²) in [5.41, 5.74) is 3.29. The van der Waals surface area contributed by atoms with Gasteiger partial charge in [-0.1, -0.05) is 30.3 Å². The molecule has 3 aromatic rings. The molecule has 3 heterocycles. The van der Waals surface area contributed by atoms with Crippen LogP contribution >= 0.6 is 11.3 Å². The Kier molecular flexibility index (Phi) is 5.45. The summed E-state index contributed by atoms with van der Waals surface area (Å²) < 4.78 is 5.55. The highest BCUT2D eigenvalue weighted by Gasteiger charge is 2.33. The number of nitrogens with one attached hydrogen (secondary N) is 2. The van der Waals surface area contributed by atoms with Crippen LogP contribution in [0.5, 0.6) is 5.75 Å². The molecule has 0 saturated heterocycles. The minimum absolute atomic E-state index is 0.0501. The van der Waals surface area contributed by atoms with Gasteiger partial charge >= 0.3 is 5.97 Å². The average Bonchev–Trinajstić information content (AvgIpc) is 3.18. The van der Waals surface area contributed by atoms with Gasteiger partial charge in [0.1, 0.15) is 16.9 Å². The minimum Gasteiger partial charge on any atom is -0.423 e. The summed E-state index contributed by atoms with van der Waals surface area (Å²) in [6.45, 7) is 6.27. The van der Waals surface area contributed by atoms with Crippen molar-refractivity contribution >= 4 is 28.2 Å². The zero-order chi connectivity index (χ0) is 22.2. The molecule has 1 aromatic heterocycles. The largest absolute Gasteiger partial charge is 0.423 e. The quantitative estimate of drug-likeness (QED) is 0.452. The first-order chi connectivity index (χ1) is 15.5. The molecule has 0 fully saturated rings. The molecule has 2 aliphatic rings. The van der Waals surface area contributed by atoms with E-state index in [0.717, 1.165) is 35.6 Å². The highest BCUT2D eigenvalue weighted by Crippen LogP contribution is 2.41. The smallest absolute Gasteiger partial charge is 0.343 e. The molecule has 0 saturated carbocycles. The molecule has 1 atom stereocenters. The van der Waals surface area contributed by atoms with Gasteiger partial charge in [0.15, 0.2) is 0 Å². The van der Waals surface area contributed by atoms with E-state index >= 15 is 0 Å². The van der Waals surface area contributed by atoms with Gasteiger partial charge in [-0.05, 0) is 55.7 Å². The van der Waals surface area contributed by atoms with Gasteiger partial charge in [0.25, 0.3) is 5.91 Å². The Hall–Kier alpha value is -3.16. The van der Waals surface area contributed by atoms with Crippen molar-refractivity contribution in [3.63, 3.8) is 0 Å². The lowest BCUT2D eigenvalue weighted by Gasteiger charge is -2.31. The molecule has 0 spiro atoms. The minimum atomic E-state index is -0.411. The van der Waals surface area contributed by atoms with Crippen LogP contribution in [0.2, 0.25) is 0 Å². The second kappa shape index (κ2) is 8.41. The normalized spacial score (nSPS) is 17.8. The summed E-state index contributed by atoms with van der Waals surface area (Å²) in [4.78, 5) is 29.1. The van der Waals surface area contributed by atoms with Crippen LogP contribution in [0.15, 0.2) is 54.6 Å². The Bertz CT molecular complexity index is 1170. The monoisotopic (exact) mass is 447 g/mol. The molecule has 6 nitrogen and oxygen atoms in total. The summed E-state index contributed by atoms with van der Waals surface area (Å²) in [6.07, 6.45) is 0.510. The van der Waals surface area contributed by atoms with Gasteiger partial charge in [-0.2, -0.15) is 0 Å². The van der Waals surface area contributed by atoms with Gasteiger partial charge in [0.05, 0.1) is 11.1 Å². The van der Waals surface area contributed by atoms with Crippen molar-refractivity contribution in [1.82, 2.24) is 10.2 Å². The van der Waals surface area contributed by atoms with E-state index in [9.17, 15) is 9.59 Å². The molecule has 0 unspecified atom stereocenters. The Morgan fingerprint density at radius 2 is 1.94 bits per heavy atom. The number of ether oxygens (including phenoxy) is 1.